The predicted molar refractivity (Wildman–Crippen MR) is 61.8 cm³/mol. The Balaban J connectivity index is 3.08. The lowest BCUT2D eigenvalue weighted by molar-refractivity contribution is -0.142. The number of halogens is 2. The average molecular weight is 259 g/mol. The minimum atomic E-state index is -2.79. The smallest absolute Gasteiger partial charge is 0.311 e. The minimum absolute atomic E-state index is 0.0649. The van der Waals surface area contributed by atoms with E-state index in [1.807, 2.05) is 0 Å². The van der Waals surface area contributed by atoms with E-state index in [2.05, 4.69) is 4.98 Å². The molecule has 1 rings (SSSR count). The number of anilines is 1. The monoisotopic (exact) mass is 259 g/mol. The van der Waals surface area contributed by atoms with Gasteiger partial charge in [0.2, 0.25) is 0 Å². The molecule has 0 aromatic carbocycles. The summed E-state index contributed by atoms with van der Waals surface area (Å²) < 4.78 is 30.0. The van der Waals surface area contributed by atoms with Crippen LogP contribution >= 0.6 is 0 Å². The zero-order valence-corrected chi connectivity index (χ0v) is 9.95. The number of alkyl halides is 2. The van der Waals surface area contributed by atoms with Gasteiger partial charge in [-0.2, -0.15) is 0 Å². The Kier molecular flexibility index (Phi) is 4.96. The van der Waals surface area contributed by atoms with Gasteiger partial charge in [-0.25, -0.2) is 13.8 Å². The topological polar surface area (TPSA) is 91.2 Å². The number of hydrogen-bond donors (Lipinski definition) is 2. The summed E-state index contributed by atoms with van der Waals surface area (Å²) >= 11 is 0. The Morgan fingerprint density at radius 3 is 2.72 bits per heavy atom. The van der Waals surface area contributed by atoms with E-state index in [1.165, 1.54) is 6.07 Å². The van der Waals surface area contributed by atoms with Crippen molar-refractivity contribution in [1.82, 2.24) is 4.98 Å². The van der Waals surface area contributed by atoms with Gasteiger partial charge >= 0.3 is 5.97 Å². The van der Waals surface area contributed by atoms with Gasteiger partial charge in [0.25, 0.3) is 6.43 Å². The number of carbonyl (C=O) groups is 1. The number of pyridine rings is 1. The summed E-state index contributed by atoms with van der Waals surface area (Å²) in [5, 5.41) is 0. The Morgan fingerprint density at radius 2 is 2.22 bits per heavy atom. The summed E-state index contributed by atoms with van der Waals surface area (Å²) in [5.41, 5.74) is 10.9. The molecule has 0 aliphatic rings. The lowest BCUT2D eigenvalue weighted by atomic mass is 10.1. The van der Waals surface area contributed by atoms with Crippen LogP contribution in [0.5, 0.6) is 0 Å². The molecule has 0 unspecified atom stereocenters. The summed E-state index contributed by atoms with van der Waals surface area (Å²) in [6.45, 7) is 1.94. The van der Waals surface area contributed by atoms with E-state index in [0.29, 0.717) is 5.56 Å². The van der Waals surface area contributed by atoms with E-state index in [4.69, 9.17) is 16.2 Å². The van der Waals surface area contributed by atoms with Crippen molar-refractivity contribution < 1.29 is 18.3 Å². The van der Waals surface area contributed by atoms with E-state index in [9.17, 15) is 13.6 Å². The van der Waals surface area contributed by atoms with Crippen LogP contribution in [0.1, 0.15) is 30.3 Å². The van der Waals surface area contributed by atoms with Crippen LogP contribution in [-0.4, -0.2) is 17.6 Å². The molecular formula is C11H15F2N3O2. The van der Waals surface area contributed by atoms with Gasteiger partial charge in [-0.3, -0.25) is 4.79 Å². The van der Waals surface area contributed by atoms with Gasteiger partial charge in [-0.15, -0.1) is 0 Å². The molecule has 0 fully saturated rings. The fourth-order valence-corrected chi connectivity index (χ4v) is 1.48. The Hall–Kier alpha value is -1.76. The highest BCUT2D eigenvalue weighted by Crippen LogP contribution is 2.25. The van der Waals surface area contributed by atoms with Crippen LogP contribution in [0, 0.1) is 0 Å². The number of carbonyl (C=O) groups excluding carboxylic acids is 1. The molecule has 100 valence electrons. The van der Waals surface area contributed by atoms with Crippen molar-refractivity contribution in [2.45, 2.75) is 26.3 Å². The molecule has 0 saturated heterocycles. The molecule has 0 radical (unpaired) electrons. The number of esters is 1. The number of ether oxygens (including phenoxy) is 1. The van der Waals surface area contributed by atoms with E-state index in [1.54, 1.807) is 6.92 Å². The van der Waals surface area contributed by atoms with Gasteiger partial charge in [-0.1, -0.05) is 0 Å². The summed E-state index contributed by atoms with van der Waals surface area (Å²) in [5.74, 6) is -0.537. The van der Waals surface area contributed by atoms with E-state index >= 15 is 0 Å². The summed E-state index contributed by atoms with van der Waals surface area (Å²) in [7, 11) is 0. The first-order valence-electron chi connectivity index (χ1n) is 5.41. The minimum Gasteiger partial charge on any atom is -0.466 e. The molecule has 0 bridgehead atoms. The quantitative estimate of drug-likeness (QED) is 0.774. The molecular weight excluding hydrogens is 244 g/mol. The molecule has 4 N–H and O–H groups in total. The number of nitrogens with two attached hydrogens (primary N) is 2. The van der Waals surface area contributed by atoms with Crippen molar-refractivity contribution in [2.75, 3.05) is 12.3 Å². The molecule has 0 spiro atoms. The second-order valence-electron chi connectivity index (χ2n) is 3.56. The maximum absolute atomic E-state index is 12.6. The van der Waals surface area contributed by atoms with E-state index < -0.39 is 18.1 Å². The first-order chi connectivity index (χ1) is 8.49. The van der Waals surface area contributed by atoms with Crippen molar-refractivity contribution in [3.63, 3.8) is 0 Å². The van der Waals surface area contributed by atoms with Crippen LogP contribution in [0.2, 0.25) is 0 Å². The zero-order chi connectivity index (χ0) is 13.7. The SMILES string of the molecule is CCOC(=O)Cc1nc(C(F)F)c(N)cc1CN. The third kappa shape index (κ3) is 3.36. The predicted octanol–water partition coefficient (Wildman–Crippen LogP) is 1.17. The highest BCUT2D eigenvalue weighted by Gasteiger charge is 2.18. The fraction of sp³-hybridized carbons (Fsp3) is 0.455. The molecule has 1 heterocycles. The van der Waals surface area contributed by atoms with Gasteiger partial charge < -0.3 is 16.2 Å². The molecule has 0 saturated carbocycles. The van der Waals surface area contributed by atoms with Gasteiger partial charge in [0.1, 0.15) is 5.69 Å². The largest absolute Gasteiger partial charge is 0.466 e. The summed E-state index contributed by atoms with van der Waals surface area (Å²) in [6, 6.07) is 1.32. The highest BCUT2D eigenvalue weighted by atomic mass is 19.3. The zero-order valence-electron chi connectivity index (χ0n) is 9.95. The van der Waals surface area contributed by atoms with Gasteiger partial charge in [0, 0.05) is 6.54 Å². The molecule has 7 heteroatoms. The number of rotatable bonds is 5. The molecule has 0 aliphatic carbocycles. The molecule has 18 heavy (non-hydrogen) atoms. The number of hydrogen-bond acceptors (Lipinski definition) is 5. The lowest BCUT2D eigenvalue weighted by Gasteiger charge is -2.11. The third-order valence-corrected chi connectivity index (χ3v) is 2.30. The van der Waals surface area contributed by atoms with Crippen molar-refractivity contribution in [3.05, 3.63) is 23.0 Å². The normalized spacial score (nSPS) is 10.7. The second kappa shape index (κ2) is 6.25. The molecule has 0 atom stereocenters. The third-order valence-electron chi connectivity index (χ3n) is 2.30. The van der Waals surface area contributed by atoms with Crippen molar-refractivity contribution in [1.29, 1.82) is 0 Å². The van der Waals surface area contributed by atoms with Crippen molar-refractivity contribution >= 4 is 11.7 Å². The van der Waals surface area contributed by atoms with Crippen LogP contribution in [0.25, 0.3) is 0 Å². The fourth-order valence-electron chi connectivity index (χ4n) is 1.48. The van der Waals surface area contributed by atoms with Gasteiger partial charge in [0.15, 0.2) is 0 Å². The first-order valence-corrected chi connectivity index (χ1v) is 5.41. The van der Waals surface area contributed by atoms with Crippen molar-refractivity contribution in [3.8, 4) is 0 Å². The molecule has 0 aliphatic heterocycles. The van der Waals surface area contributed by atoms with Crippen LogP contribution < -0.4 is 11.5 Å². The maximum Gasteiger partial charge on any atom is 0.311 e. The first kappa shape index (κ1) is 14.3. The summed E-state index contributed by atoms with van der Waals surface area (Å²) in [4.78, 5) is 15.0. The van der Waals surface area contributed by atoms with Crippen LogP contribution in [0.3, 0.4) is 0 Å². The van der Waals surface area contributed by atoms with E-state index in [-0.39, 0.29) is 31.0 Å². The maximum atomic E-state index is 12.6. The number of nitrogen functional groups attached to an aromatic ring is 1. The molecule has 0 amide bonds. The van der Waals surface area contributed by atoms with Gasteiger partial charge in [0.05, 0.1) is 24.4 Å². The van der Waals surface area contributed by atoms with Gasteiger partial charge in [-0.05, 0) is 18.6 Å². The van der Waals surface area contributed by atoms with Crippen molar-refractivity contribution in [2.24, 2.45) is 5.73 Å². The van der Waals surface area contributed by atoms with Crippen LogP contribution in [0.15, 0.2) is 6.07 Å². The summed E-state index contributed by atoms with van der Waals surface area (Å²) in [6.07, 6.45) is -2.99. The standard InChI is InChI=1S/C11H15F2N3O2/c1-2-18-9(17)4-8-6(5-14)3-7(15)10(16-8)11(12)13/h3,11H,2,4-5,14-15H2,1H3. The molecule has 5 nitrogen and oxygen atoms in total. The number of aromatic nitrogens is 1. The number of nitrogens with zero attached hydrogens (tertiary/aromatic N) is 1. The Morgan fingerprint density at radius 1 is 1.56 bits per heavy atom. The highest BCUT2D eigenvalue weighted by molar-refractivity contribution is 5.72. The Labute approximate surface area is 103 Å². The van der Waals surface area contributed by atoms with E-state index in [0.717, 1.165) is 0 Å². The van der Waals surface area contributed by atoms with Crippen LogP contribution in [-0.2, 0) is 22.5 Å². The second-order valence-corrected chi connectivity index (χ2v) is 3.56. The Bertz CT molecular complexity index is 439. The average Bonchev–Trinajstić information content (AvgIpc) is 2.30. The van der Waals surface area contributed by atoms with Crippen LogP contribution in [0.4, 0.5) is 14.5 Å². The lowest BCUT2D eigenvalue weighted by Crippen LogP contribution is -2.15. The molecule has 1 aromatic rings. The molecule has 1 aromatic heterocycles.